The third-order valence-corrected chi connectivity index (χ3v) is 3.16. The fourth-order valence-corrected chi connectivity index (χ4v) is 2.09. The van der Waals surface area contributed by atoms with E-state index in [1.165, 1.54) is 0 Å². The van der Waals surface area contributed by atoms with Crippen LogP contribution in [0.15, 0.2) is 18.3 Å². The van der Waals surface area contributed by atoms with E-state index in [4.69, 9.17) is 0 Å². The summed E-state index contributed by atoms with van der Waals surface area (Å²) in [5.74, 6) is 0.0885. The zero-order valence-corrected chi connectivity index (χ0v) is 10.7. The fraction of sp³-hybridized carbons (Fsp3) is 0.462. The van der Waals surface area contributed by atoms with Crippen LogP contribution < -0.4 is 0 Å². The van der Waals surface area contributed by atoms with Crippen molar-refractivity contribution in [3.05, 3.63) is 29.6 Å². The van der Waals surface area contributed by atoms with Gasteiger partial charge in [0.15, 0.2) is 0 Å². The van der Waals surface area contributed by atoms with Gasteiger partial charge in [0.2, 0.25) is 5.91 Å². The summed E-state index contributed by atoms with van der Waals surface area (Å²) >= 11 is 0. The van der Waals surface area contributed by atoms with Gasteiger partial charge in [-0.15, -0.1) is 0 Å². The van der Waals surface area contributed by atoms with Gasteiger partial charge in [0, 0.05) is 50.6 Å². The van der Waals surface area contributed by atoms with Gasteiger partial charge < -0.3 is 9.80 Å². The van der Waals surface area contributed by atoms with Gasteiger partial charge in [-0.3, -0.25) is 14.6 Å². The quantitative estimate of drug-likeness (QED) is 0.734. The summed E-state index contributed by atoms with van der Waals surface area (Å²) in [6, 6.07) is 3.52. The Balaban J connectivity index is 2.02. The maximum atomic E-state index is 12.2. The van der Waals surface area contributed by atoms with Crippen LogP contribution in [0.1, 0.15) is 23.0 Å². The van der Waals surface area contributed by atoms with E-state index in [1.807, 2.05) is 6.92 Å². The van der Waals surface area contributed by atoms with Crippen LogP contribution in [0, 0.1) is 6.92 Å². The van der Waals surface area contributed by atoms with Crippen molar-refractivity contribution < 1.29 is 9.59 Å². The highest BCUT2D eigenvalue weighted by molar-refractivity contribution is 5.94. The second kappa shape index (κ2) is 5.16. The van der Waals surface area contributed by atoms with Crippen molar-refractivity contribution in [1.29, 1.82) is 0 Å². The van der Waals surface area contributed by atoms with Crippen molar-refractivity contribution in [3.63, 3.8) is 0 Å². The summed E-state index contributed by atoms with van der Waals surface area (Å²) < 4.78 is 0. The molecule has 2 amide bonds. The topological polar surface area (TPSA) is 53.5 Å². The lowest BCUT2D eigenvalue weighted by Crippen LogP contribution is -2.50. The van der Waals surface area contributed by atoms with Crippen LogP contribution in [0.5, 0.6) is 0 Å². The molecule has 0 spiro atoms. The van der Waals surface area contributed by atoms with E-state index >= 15 is 0 Å². The van der Waals surface area contributed by atoms with Gasteiger partial charge in [-0.1, -0.05) is 0 Å². The molecule has 18 heavy (non-hydrogen) atoms. The Morgan fingerprint density at radius 1 is 1.17 bits per heavy atom. The summed E-state index contributed by atoms with van der Waals surface area (Å²) in [6.45, 7) is 5.85. The number of carbonyl (C=O) groups excluding carboxylic acids is 2. The predicted octanol–water partition coefficient (Wildman–Crippen LogP) is 0.694. The van der Waals surface area contributed by atoms with Crippen LogP contribution in [0.3, 0.4) is 0 Å². The van der Waals surface area contributed by atoms with Crippen molar-refractivity contribution in [2.45, 2.75) is 13.8 Å². The van der Waals surface area contributed by atoms with Crippen LogP contribution in [-0.2, 0) is 4.79 Å². The van der Waals surface area contributed by atoms with Crippen LogP contribution in [-0.4, -0.2) is 52.8 Å². The number of nitrogens with zero attached hydrogens (tertiary/aromatic N) is 3. The van der Waals surface area contributed by atoms with E-state index in [-0.39, 0.29) is 11.8 Å². The average molecular weight is 247 g/mol. The first kappa shape index (κ1) is 12.5. The van der Waals surface area contributed by atoms with E-state index in [0.717, 1.165) is 5.69 Å². The van der Waals surface area contributed by atoms with E-state index in [9.17, 15) is 9.59 Å². The highest BCUT2D eigenvalue weighted by Crippen LogP contribution is 2.09. The summed E-state index contributed by atoms with van der Waals surface area (Å²) in [4.78, 5) is 31.1. The Morgan fingerprint density at radius 2 is 1.78 bits per heavy atom. The number of hydrogen-bond donors (Lipinski definition) is 0. The molecule has 1 aromatic heterocycles. The first-order chi connectivity index (χ1) is 8.58. The second-order valence-electron chi connectivity index (χ2n) is 4.48. The molecule has 0 radical (unpaired) electrons. The molecule has 0 aromatic carbocycles. The maximum Gasteiger partial charge on any atom is 0.254 e. The smallest absolute Gasteiger partial charge is 0.254 e. The molecular weight excluding hydrogens is 230 g/mol. The van der Waals surface area contributed by atoms with Gasteiger partial charge in [0.05, 0.1) is 0 Å². The Hall–Kier alpha value is -1.91. The minimum absolute atomic E-state index is 0.0173. The number of aryl methyl sites for hydroxylation is 1. The summed E-state index contributed by atoms with van der Waals surface area (Å²) in [5, 5.41) is 0. The zero-order valence-electron chi connectivity index (χ0n) is 10.7. The Kier molecular flexibility index (Phi) is 3.60. The second-order valence-corrected chi connectivity index (χ2v) is 4.48. The number of piperazine rings is 1. The van der Waals surface area contributed by atoms with E-state index in [2.05, 4.69) is 4.98 Å². The van der Waals surface area contributed by atoms with Gasteiger partial charge in [-0.2, -0.15) is 0 Å². The highest BCUT2D eigenvalue weighted by Gasteiger charge is 2.23. The van der Waals surface area contributed by atoms with E-state index < -0.39 is 0 Å². The number of amides is 2. The number of aromatic nitrogens is 1. The van der Waals surface area contributed by atoms with Crippen molar-refractivity contribution in [2.75, 3.05) is 26.2 Å². The first-order valence-electron chi connectivity index (χ1n) is 6.05. The zero-order chi connectivity index (χ0) is 13.1. The van der Waals surface area contributed by atoms with Gasteiger partial charge in [-0.25, -0.2) is 0 Å². The highest BCUT2D eigenvalue weighted by atomic mass is 16.2. The molecule has 96 valence electrons. The fourth-order valence-electron chi connectivity index (χ4n) is 2.09. The maximum absolute atomic E-state index is 12.2. The van der Waals surface area contributed by atoms with Gasteiger partial charge >= 0.3 is 0 Å². The molecule has 0 unspecified atom stereocenters. The summed E-state index contributed by atoms with van der Waals surface area (Å²) in [6.07, 6.45) is 1.65. The normalized spacial score (nSPS) is 15.7. The molecule has 0 aliphatic carbocycles. The Bertz CT molecular complexity index is 465. The number of pyridine rings is 1. The van der Waals surface area contributed by atoms with E-state index in [1.54, 1.807) is 35.1 Å². The van der Waals surface area contributed by atoms with Gasteiger partial charge in [-0.05, 0) is 19.1 Å². The molecule has 1 fully saturated rings. The van der Waals surface area contributed by atoms with Crippen LogP contribution in [0.2, 0.25) is 0 Å². The molecule has 1 saturated heterocycles. The lowest BCUT2D eigenvalue weighted by Gasteiger charge is -2.34. The number of rotatable bonds is 1. The third-order valence-electron chi connectivity index (χ3n) is 3.16. The molecule has 2 rings (SSSR count). The molecule has 1 aromatic rings. The largest absolute Gasteiger partial charge is 0.339 e. The van der Waals surface area contributed by atoms with Crippen LogP contribution in [0.25, 0.3) is 0 Å². The molecule has 5 heteroatoms. The minimum atomic E-state index is 0.0173. The van der Waals surface area contributed by atoms with E-state index in [0.29, 0.717) is 31.7 Å². The number of carbonyl (C=O) groups is 2. The minimum Gasteiger partial charge on any atom is -0.339 e. The predicted molar refractivity (Wildman–Crippen MR) is 67.1 cm³/mol. The molecule has 1 aliphatic rings. The third kappa shape index (κ3) is 2.67. The molecule has 0 bridgehead atoms. The summed E-state index contributed by atoms with van der Waals surface area (Å²) in [5.41, 5.74) is 1.50. The molecular formula is C13H17N3O2. The Labute approximate surface area is 106 Å². The molecule has 0 atom stereocenters. The van der Waals surface area contributed by atoms with Crippen LogP contribution >= 0.6 is 0 Å². The lowest BCUT2D eigenvalue weighted by atomic mass is 10.2. The van der Waals surface area contributed by atoms with Crippen LogP contribution in [0.4, 0.5) is 0 Å². The molecule has 2 heterocycles. The lowest BCUT2D eigenvalue weighted by molar-refractivity contribution is -0.130. The van der Waals surface area contributed by atoms with Crippen molar-refractivity contribution >= 4 is 11.8 Å². The van der Waals surface area contributed by atoms with Crippen molar-refractivity contribution in [1.82, 2.24) is 14.8 Å². The standard InChI is InChI=1S/C13H17N3O2/c1-10-9-12(3-4-14-10)13(18)16-7-5-15(6-8-16)11(2)17/h3-4,9H,5-8H2,1-2H3. The monoisotopic (exact) mass is 247 g/mol. The molecule has 0 N–H and O–H groups in total. The molecule has 5 nitrogen and oxygen atoms in total. The SMILES string of the molecule is CC(=O)N1CCN(C(=O)c2ccnc(C)c2)CC1. The number of hydrogen-bond acceptors (Lipinski definition) is 3. The summed E-state index contributed by atoms with van der Waals surface area (Å²) in [7, 11) is 0. The van der Waals surface area contributed by atoms with Gasteiger partial charge in [0.25, 0.3) is 5.91 Å². The van der Waals surface area contributed by atoms with Gasteiger partial charge in [0.1, 0.15) is 0 Å². The van der Waals surface area contributed by atoms with Crippen molar-refractivity contribution in [3.8, 4) is 0 Å². The molecule has 0 saturated carbocycles. The average Bonchev–Trinajstić information content (AvgIpc) is 2.38. The molecule has 1 aliphatic heterocycles. The first-order valence-corrected chi connectivity index (χ1v) is 6.05. The Morgan fingerprint density at radius 3 is 2.33 bits per heavy atom. The van der Waals surface area contributed by atoms with Crippen molar-refractivity contribution in [2.24, 2.45) is 0 Å².